The van der Waals surface area contributed by atoms with E-state index in [9.17, 15) is 0 Å². The highest BCUT2D eigenvalue weighted by Gasteiger charge is 2.16. The van der Waals surface area contributed by atoms with Crippen molar-refractivity contribution in [1.29, 1.82) is 0 Å². The van der Waals surface area contributed by atoms with Gasteiger partial charge < -0.3 is 9.88 Å². The van der Waals surface area contributed by atoms with Crippen LogP contribution in [0.2, 0.25) is 0 Å². The van der Waals surface area contributed by atoms with Crippen molar-refractivity contribution in [3.8, 4) is 17.2 Å². The first-order valence-electron chi connectivity index (χ1n) is 9.25. The summed E-state index contributed by atoms with van der Waals surface area (Å²) in [6, 6.07) is 12.3. The largest absolute Gasteiger partial charge is 0.329 e. The van der Waals surface area contributed by atoms with Crippen molar-refractivity contribution in [2.45, 2.75) is 26.1 Å². The highest BCUT2D eigenvalue weighted by Crippen LogP contribution is 2.19. The number of nitrogens with zero attached hydrogens (tertiary/aromatic N) is 6. The minimum absolute atomic E-state index is 0. The van der Waals surface area contributed by atoms with Gasteiger partial charge in [-0.3, -0.25) is 4.68 Å². The number of fused-ring (bicyclic) bond motifs is 1. The maximum atomic E-state index is 4.73. The van der Waals surface area contributed by atoms with Gasteiger partial charge >= 0.3 is 0 Å². The number of benzene rings is 1. The van der Waals surface area contributed by atoms with Crippen molar-refractivity contribution in [2.24, 2.45) is 0 Å². The van der Waals surface area contributed by atoms with E-state index in [0.29, 0.717) is 0 Å². The monoisotopic (exact) mass is 431 g/mol. The number of hydrogen-bond acceptors (Lipinski definition) is 4. The second-order valence-corrected chi connectivity index (χ2v) is 6.74. The molecule has 4 heterocycles. The van der Waals surface area contributed by atoms with E-state index in [1.54, 1.807) is 0 Å². The standard InChI is InChI=1S/C20H21N7.2ClH/c1-2-4-17(5-3-1)27-15-16(13-23-27)6-9-25-10-8-22-20(25)19-12-18-14-21-7-11-26(18)24-19;;/h1-5,8,10,12-13,15,21H,6-7,9,11,14H2;2*1H. The molecule has 7 nitrogen and oxygen atoms in total. The zero-order valence-electron chi connectivity index (χ0n) is 15.8. The number of aryl methyl sites for hydroxylation is 2. The maximum absolute atomic E-state index is 4.73. The number of halogens is 2. The fraction of sp³-hybridized carbons (Fsp3) is 0.250. The van der Waals surface area contributed by atoms with Crippen LogP contribution in [0.5, 0.6) is 0 Å². The van der Waals surface area contributed by atoms with Crippen LogP contribution in [-0.4, -0.2) is 35.7 Å². The van der Waals surface area contributed by atoms with Gasteiger partial charge in [-0.2, -0.15) is 10.2 Å². The molecule has 1 aliphatic heterocycles. The molecule has 0 saturated carbocycles. The first-order chi connectivity index (χ1) is 13.4. The Labute approximate surface area is 181 Å². The lowest BCUT2D eigenvalue weighted by molar-refractivity contribution is 0.476. The molecule has 152 valence electrons. The summed E-state index contributed by atoms with van der Waals surface area (Å²) in [6.07, 6.45) is 8.79. The first-order valence-corrected chi connectivity index (χ1v) is 9.25. The summed E-state index contributed by atoms with van der Waals surface area (Å²) in [5.41, 5.74) is 4.43. The van der Waals surface area contributed by atoms with E-state index in [1.807, 2.05) is 41.5 Å². The molecule has 1 N–H and O–H groups in total. The van der Waals surface area contributed by atoms with Gasteiger partial charge in [-0.05, 0) is 30.2 Å². The van der Waals surface area contributed by atoms with E-state index in [-0.39, 0.29) is 24.8 Å². The smallest absolute Gasteiger partial charge is 0.160 e. The van der Waals surface area contributed by atoms with Gasteiger partial charge in [-0.15, -0.1) is 24.8 Å². The third kappa shape index (κ3) is 4.37. The Balaban J connectivity index is 0.00000120. The van der Waals surface area contributed by atoms with Gasteiger partial charge in [-0.25, -0.2) is 9.67 Å². The lowest BCUT2D eigenvalue weighted by Crippen LogP contribution is -2.28. The van der Waals surface area contributed by atoms with Crippen LogP contribution in [0.15, 0.2) is 61.2 Å². The van der Waals surface area contributed by atoms with Gasteiger partial charge in [0.15, 0.2) is 5.82 Å². The Morgan fingerprint density at radius 2 is 1.97 bits per heavy atom. The quantitative estimate of drug-likeness (QED) is 0.527. The summed E-state index contributed by atoms with van der Waals surface area (Å²) in [4.78, 5) is 4.54. The summed E-state index contributed by atoms with van der Waals surface area (Å²) in [6.45, 7) is 3.59. The number of imidazole rings is 1. The van der Waals surface area contributed by atoms with Gasteiger partial charge in [0.05, 0.1) is 24.1 Å². The van der Waals surface area contributed by atoms with E-state index >= 15 is 0 Å². The normalized spacial score (nSPS) is 12.7. The zero-order valence-corrected chi connectivity index (χ0v) is 17.4. The highest BCUT2D eigenvalue weighted by atomic mass is 35.5. The minimum atomic E-state index is 0. The molecule has 1 aromatic carbocycles. The predicted octanol–water partition coefficient (Wildman–Crippen LogP) is 3.12. The molecule has 0 radical (unpaired) electrons. The van der Waals surface area contributed by atoms with Crippen molar-refractivity contribution < 1.29 is 0 Å². The van der Waals surface area contributed by atoms with Crippen LogP contribution in [0.4, 0.5) is 0 Å². The molecule has 0 aliphatic carbocycles. The Hall–Kier alpha value is -2.61. The number of para-hydroxylation sites is 1. The molecule has 29 heavy (non-hydrogen) atoms. The first kappa shape index (κ1) is 21.1. The molecule has 0 amide bonds. The Morgan fingerprint density at radius 3 is 2.79 bits per heavy atom. The SMILES string of the molecule is Cl.Cl.c1ccc(-n2cc(CCn3ccnc3-c3cc4n(n3)CCNC4)cn2)cc1. The van der Waals surface area contributed by atoms with Crippen LogP contribution in [0, 0.1) is 0 Å². The van der Waals surface area contributed by atoms with Crippen LogP contribution >= 0.6 is 24.8 Å². The molecule has 0 spiro atoms. The molecule has 4 aromatic rings. The molecule has 1 aliphatic rings. The van der Waals surface area contributed by atoms with Crippen LogP contribution in [0.1, 0.15) is 11.3 Å². The van der Waals surface area contributed by atoms with Gasteiger partial charge in [0.2, 0.25) is 0 Å². The second-order valence-electron chi connectivity index (χ2n) is 6.74. The van der Waals surface area contributed by atoms with E-state index in [0.717, 1.165) is 49.8 Å². The lowest BCUT2D eigenvalue weighted by atomic mass is 10.2. The van der Waals surface area contributed by atoms with Gasteiger partial charge in [0.1, 0.15) is 5.69 Å². The molecular weight excluding hydrogens is 409 g/mol. The summed E-state index contributed by atoms with van der Waals surface area (Å²) in [7, 11) is 0. The van der Waals surface area contributed by atoms with Crippen LogP contribution < -0.4 is 5.32 Å². The van der Waals surface area contributed by atoms with Gasteiger partial charge in [0.25, 0.3) is 0 Å². The van der Waals surface area contributed by atoms with E-state index in [2.05, 4.69) is 49.0 Å². The molecule has 0 fully saturated rings. The van der Waals surface area contributed by atoms with Crippen molar-refractivity contribution in [1.82, 2.24) is 34.4 Å². The zero-order chi connectivity index (χ0) is 18.1. The molecular formula is C20H23Cl2N7. The molecule has 0 bridgehead atoms. The number of aromatic nitrogens is 6. The molecule has 0 saturated heterocycles. The molecule has 0 unspecified atom stereocenters. The van der Waals surface area contributed by atoms with E-state index < -0.39 is 0 Å². The van der Waals surface area contributed by atoms with Crippen molar-refractivity contribution in [3.05, 3.63) is 72.4 Å². The highest BCUT2D eigenvalue weighted by molar-refractivity contribution is 5.85. The predicted molar refractivity (Wildman–Crippen MR) is 117 cm³/mol. The molecule has 3 aromatic heterocycles. The number of nitrogens with one attached hydrogen (secondary N) is 1. The van der Waals surface area contributed by atoms with Crippen molar-refractivity contribution in [3.63, 3.8) is 0 Å². The van der Waals surface area contributed by atoms with Crippen LogP contribution in [-0.2, 0) is 26.1 Å². The Bertz CT molecular complexity index is 1030. The number of hydrogen-bond donors (Lipinski definition) is 1. The van der Waals surface area contributed by atoms with Crippen LogP contribution in [0.25, 0.3) is 17.2 Å². The average Bonchev–Trinajstić information content (AvgIpc) is 3.45. The molecule has 0 atom stereocenters. The van der Waals surface area contributed by atoms with Crippen molar-refractivity contribution >= 4 is 24.8 Å². The van der Waals surface area contributed by atoms with E-state index in [4.69, 9.17) is 5.10 Å². The topological polar surface area (TPSA) is 65.5 Å². The van der Waals surface area contributed by atoms with Crippen molar-refractivity contribution in [2.75, 3.05) is 6.54 Å². The molecule has 5 rings (SSSR count). The third-order valence-electron chi connectivity index (χ3n) is 4.91. The fourth-order valence-electron chi connectivity index (χ4n) is 3.49. The Kier molecular flexibility index (Phi) is 6.74. The molecule has 9 heteroatoms. The van der Waals surface area contributed by atoms with Gasteiger partial charge in [0, 0.05) is 38.2 Å². The Morgan fingerprint density at radius 1 is 1.10 bits per heavy atom. The minimum Gasteiger partial charge on any atom is -0.329 e. The average molecular weight is 432 g/mol. The second kappa shape index (κ2) is 9.26. The fourth-order valence-corrected chi connectivity index (χ4v) is 3.49. The van der Waals surface area contributed by atoms with Gasteiger partial charge in [-0.1, -0.05) is 18.2 Å². The van der Waals surface area contributed by atoms with Crippen LogP contribution in [0.3, 0.4) is 0 Å². The summed E-state index contributed by atoms with van der Waals surface area (Å²) >= 11 is 0. The summed E-state index contributed by atoms with van der Waals surface area (Å²) in [5.74, 6) is 0.923. The third-order valence-corrected chi connectivity index (χ3v) is 4.91. The summed E-state index contributed by atoms with van der Waals surface area (Å²) < 4.78 is 6.16. The van der Waals surface area contributed by atoms with E-state index in [1.165, 1.54) is 11.3 Å². The number of rotatable bonds is 5. The maximum Gasteiger partial charge on any atom is 0.160 e. The summed E-state index contributed by atoms with van der Waals surface area (Å²) in [5, 5.41) is 12.6. The lowest BCUT2D eigenvalue weighted by Gasteiger charge is -2.13.